The highest BCUT2D eigenvalue weighted by Gasteiger charge is 2.07. The molecule has 7 heteroatoms. The Hall–Kier alpha value is -0.730. The third-order valence-electron chi connectivity index (χ3n) is 3.16. The summed E-state index contributed by atoms with van der Waals surface area (Å²) in [6.45, 7) is 4.05. The number of nitrogens with two attached hydrogens (primary N) is 1. The van der Waals surface area contributed by atoms with Crippen LogP contribution in [0, 0.1) is 6.92 Å². The van der Waals surface area contributed by atoms with E-state index < -0.39 is 10.1 Å². The lowest BCUT2D eigenvalue weighted by atomic mass is 10.1. The predicted octanol–water partition coefficient (Wildman–Crippen LogP) is 2.98. The first-order valence-corrected chi connectivity index (χ1v) is 10.9. The minimum Gasteiger partial charge on any atom is -0.744 e. The van der Waals surface area contributed by atoms with Crippen LogP contribution in [0.3, 0.4) is 0 Å². The number of quaternary nitrogens is 1. The van der Waals surface area contributed by atoms with Crippen molar-refractivity contribution in [3.05, 3.63) is 65.7 Å². The van der Waals surface area contributed by atoms with Gasteiger partial charge in [0.2, 0.25) is 0 Å². The van der Waals surface area contributed by atoms with E-state index in [4.69, 9.17) is 0 Å². The third-order valence-corrected chi connectivity index (χ3v) is 5.37. The van der Waals surface area contributed by atoms with Crippen molar-refractivity contribution in [1.29, 1.82) is 0 Å². The maximum absolute atomic E-state index is 10.4. The molecular weight excluding hydrogens is 458 g/mol. The van der Waals surface area contributed by atoms with Crippen LogP contribution < -0.4 is 5.32 Å². The molecule has 0 aliphatic carbocycles. The number of alkyl halides is 2. The first kappa shape index (κ1) is 21.3. The van der Waals surface area contributed by atoms with E-state index in [9.17, 15) is 13.0 Å². The van der Waals surface area contributed by atoms with E-state index in [1.165, 1.54) is 17.7 Å². The fourth-order valence-corrected chi connectivity index (χ4v) is 3.21. The predicted molar refractivity (Wildman–Crippen MR) is 103 cm³/mol. The normalized spacial score (nSPS) is 12.2. The van der Waals surface area contributed by atoms with Gasteiger partial charge in [0.05, 0.1) is 28.1 Å². The molecule has 0 aliphatic heterocycles. The van der Waals surface area contributed by atoms with Gasteiger partial charge in [0, 0.05) is 0 Å². The fraction of sp³-hybridized carbons (Fsp3) is 0.294. The molecule has 0 spiro atoms. The molecule has 4 nitrogen and oxygen atoms in total. The van der Waals surface area contributed by atoms with Gasteiger partial charge in [0.25, 0.3) is 0 Å². The Labute approximate surface area is 160 Å². The van der Waals surface area contributed by atoms with Crippen molar-refractivity contribution in [1.82, 2.24) is 0 Å². The van der Waals surface area contributed by atoms with Crippen LogP contribution in [0.2, 0.25) is 0 Å². The number of rotatable bonds is 6. The minimum absolute atomic E-state index is 0.178. The quantitative estimate of drug-likeness (QED) is 0.394. The molecule has 1 unspecified atom stereocenters. The summed E-state index contributed by atoms with van der Waals surface area (Å²) in [5.74, 6) is 0. The summed E-state index contributed by atoms with van der Waals surface area (Å²) in [6, 6.07) is 16.3. The Balaban J connectivity index is 0.000000243. The summed E-state index contributed by atoms with van der Waals surface area (Å²) in [5, 5.41) is 3.36. The van der Waals surface area contributed by atoms with E-state index in [2.05, 4.69) is 61.4 Å². The van der Waals surface area contributed by atoms with Crippen molar-refractivity contribution < 1.29 is 18.3 Å². The van der Waals surface area contributed by atoms with Crippen molar-refractivity contribution in [2.24, 2.45) is 0 Å². The Kier molecular flexibility index (Phi) is 9.76. The average molecular weight is 479 g/mol. The first-order valence-electron chi connectivity index (χ1n) is 7.44. The zero-order chi connectivity index (χ0) is 18.0. The molecular formula is C17H21Br2NO3S. The van der Waals surface area contributed by atoms with Crippen molar-refractivity contribution in [3.8, 4) is 0 Å². The second-order valence-electron chi connectivity index (χ2n) is 5.15. The molecule has 2 N–H and O–H groups in total. The van der Waals surface area contributed by atoms with Crippen LogP contribution in [0.15, 0.2) is 59.5 Å². The van der Waals surface area contributed by atoms with Gasteiger partial charge in [0.1, 0.15) is 10.1 Å². The number of benzene rings is 2. The average Bonchev–Trinajstić information content (AvgIpc) is 2.56. The molecule has 0 amide bonds. The van der Waals surface area contributed by atoms with Gasteiger partial charge >= 0.3 is 0 Å². The summed E-state index contributed by atoms with van der Waals surface area (Å²) in [5.41, 5.74) is 2.28. The third kappa shape index (κ3) is 8.39. The Morgan fingerprint density at radius 1 is 1.08 bits per heavy atom. The van der Waals surface area contributed by atoms with Gasteiger partial charge in [-0.25, -0.2) is 8.42 Å². The van der Waals surface area contributed by atoms with E-state index >= 15 is 0 Å². The van der Waals surface area contributed by atoms with Crippen molar-refractivity contribution in [2.75, 3.05) is 18.4 Å². The smallest absolute Gasteiger partial charge is 0.124 e. The van der Waals surface area contributed by atoms with Crippen LogP contribution >= 0.6 is 31.9 Å². The van der Waals surface area contributed by atoms with Crippen molar-refractivity contribution in [3.63, 3.8) is 0 Å². The van der Waals surface area contributed by atoms with Crippen LogP contribution in [-0.2, 0) is 10.1 Å². The summed E-state index contributed by atoms with van der Waals surface area (Å²) in [7, 11) is -4.27. The van der Waals surface area contributed by atoms with Gasteiger partial charge in [-0.15, -0.1) is 0 Å². The van der Waals surface area contributed by atoms with Gasteiger partial charge < -0.3 is 9.87 Å². The second kappa shape index (κ2) is 11.0. The molecule has 132 valence electrons. The first-order chi connectivity index (χ1) is 11.3. The Morgan fingerprint density at radius 3 is 2.17 bits per heavy atom. The maximum Gasteiger partial charge on any atom is 0.124 e. The van der Waals surface area contributed by atoms with Crippen LogP contribution in [0.1, 0.15) is 16.0 Å². The lowest BCUT2D eigenvalue weighted by molar-refractivity contribution is -0.650. The number of hydrogen-bond acceptors (Lipinski definition) is 3. The van der Waals surface area contributed by atoms with Gasteiger partial charge in [-0.3, -0.25) is 0 Å². The lowest BCUT2D eigenvalue weighted by Crippen LogP contribution is -2.85. The van der Waals surface area contributed by atoms with Gasteiger partial charge in [-0.05, 0) is 24.6 Å². The number of aryl methyl sites for hydroxylation is 1. The minimum atomic E-state index is -4.27. The molecule has 0 heterocycles. The molecule has 0 aliphatic rings. The standard InChI is InChI=1S/C10H13Br2N.C7H8O3S/c11-6-7-13-8-10(12)9-4-2-1-3-5-9;1-6-2-4-7(5-3-6)11(8,9)10/h1-5,10,13H,6-8H2;2-5H,1H3,(H,8,9,10). The molecule has 0 radical (unpaired) electrons. The van der Waals surface area contributed by atoms with Gasteiger partial charge in [-0.2, -0.15) is 0 Å². The van der Waals surface area contributed by atoms with Crippen LogP contribution in [-0.4, -0.2) is 31.4 Å². The van der Waals surface area contributed by atoms with Gasteiger partial charge in [-0.1, -0.05) is 79.9 Å². The topological polar surface area (TPSA) is 73.8 Å². The lowest BCUT2D eigenvalue weighted by Gasteiger charge is -2.07. The maximum atomic E-state index is 10.4. The SMILES string of the molecule is BrCC[NH2+]CC(Br)c1ccccc1.Cc1ccc(S(=O)(=O)[O-])cc1. The van der Waals surface area contributed by atoms with Crippen LogP contribution in [0.4, 0.5) is 0 Å². The molecule has 2 rings (SSSR count). The molecule has 0 saturated heterocycles. The Morgan fingerprint density at radius 2 is 1.67 bits per heavy atom. The molecule has 1 atom stereocenters. The molecule has 0 aromatic heterocycles. The van der Waals surface area contributed by atoms with E-state index in [1.807, 2.05) is 13.0 Å². The number of hydrogen-bond donors (Lipinski definition) is 1. The highest BCUT2D eigenvalue weighted by atomic mass is 79.9. The molecule has 2 aromatic rings. The largest absolute Gasteiger partial charge is 0.744 e. The van der Waals surface area contributed by atoms with E-state index in [0.29, 0.717) is 4.83 Å². The van der Waals surface area contributed by atoms with E-state index in [-0.39, 0.29) is 4.90 Å². The molecule has 0 bridgehead atoms. The zero-order valence-electron chi connectivity index (χ0n) is 13.4. The van der Waals surface area contributed by atoms with E-state index in [0.717, 1.165) is 24.0 Å². The van der Waals surface area contributed by atoms with E-state index in [1.54, 1.807) is 12.1 Å². The summed E-state index contributed by atoms with van der Waals surface area (Å²) in [4.78, 5) is 0.288. The fourth-order valence-electron chi connectivity index (χ4n) is 1.84. The summed E-state index contributed by atoms with van der Waals surface area (Å²) in [6.07, 6.45) is 0. The van der Waals surface area contributed by atoms with Crippen molar-refractivity contribution >= 4 is 42.0 Å². The zero-order valence-corrected chi connectivity index (χ0v) is 17.3. The monoisotopic (exact) mass is 477 g/mol. The Bertz CT molecular complexity index is 692. The van der Waals surface area contributed by atoms with Crippen molar-refractivity contribution in [2.45, 2.75) is 16.6 Å². The van der Waals surface area contributed by atoms with Gasteiger partial charge in [0.15, 0.2) is 0 Å². The molecule has 24 heavy (non-hydrogen) atoms. The second-order valence-corrected chi connectivity index (χ2v) is 8.43. The number of halogens is 2. The molecule has 0 fully saturated rings. The molecule has 0 saturated carbocycles. The van der Waals surface area contributed by atoms with Crippen LogP contribution in [0.25, 0.3) is 0 Å². The summed E-state index contributed by atoms with van der Waals surface area (Å²) < 4.78 is 31.2. The molecule has 2 aromatic carbocycles. The summed E-state index contributed by atoms with van der Waals surface area (Å²) >= 11 is 7.08. The highest BCUT2D eigenvalue weighted by molar-refractivity contribution is 9.09. The highest BCUT2D eigenvalue weighted by Crippen LogP contribution is 2.19. The van der Waals surface area contributed by atoms with Crippen LogP contribution in [0.5, 0.6) is 0 Å².